The minimum absolute atomic E-state index is 0.165. The molecule has 2 saturated heterocycles. The molecule has 2 atom stereocenters. The normalized spacial score (nSPS) is 24.4. The van der Waals surface area contributed by atoms with Gasteiger partial charge in [-0.05, 0) is 24.5 Å². The first-order valence-corrected chi connectivity index (χ1v) is 11.4. The molecule has 0 radical (unpaired) electrons. The first-order valence-electron chi connectivity index (χ1n) is 10.2. The van der Waals surface area contributed by atoms with Crippen molar-refractivity contribution < 1.29 is 32.3 Å². The number of ether oxygens (including phenoxy) is 1. The van der Waals surface area contributed by atoms with Gasteiger partial charge in [0.15, 0.2) is 0 Å². The summed E-state index contributed by atoms with van der Waals surface area (Å²) in [7, 11) is 0. The molecule has 3 fully saturated rings. The second-order valence-electron chi connectivity index (χ2n) is 7.95. The lowest BCUT2D eigenvalue weighted by Gasteiger charge is -2.36. The molecule has 1 aliphatic carbocycles. The van der Waals surface area contributed by atoms with Crippen LogP contribution in [0.3, 0.4) is 0 Å². The number of nitrogens with one attached hydrogen (secondary N) is 1. The van der Waals surface area contributed by atoms with E-state index < -0.39 is 42.2 Å². The Hall–Kier alpha value is -2.63. The molecule has 174 valence electrons. The topological polar surface area (TPSA) is 82.2 Å². The average Bonchev–Trinajstić information content (AvgIpc) is 3.25. The Morgan fingerprint density at radius 1 is 1.25 bits per heavy atom. The molecule has 12 heteroatoms. The highest BCUT2D eigenvalue weighted by Gasteiger charge is 2.62. The van der Waals surface area contributed by atoms with Gasteiger partial charge in [0.25, 0.3) is 11.2 Å². The van der Waals surface area contributed by atoms with Gasteiger partial charge in [-0.25, -0.2) is 18.0 Å². The van der Waals surface area contributed by atoms with Crippen molar-refractivity contribution in [1.29, 1.82) is 0 Å². The molecular formula is C20H23F3N4O4S. The molecular weight excluding hydrogens is 449 g/mol. The zero-order chi connectivity index (χ0) is 23.0. The Kier molecular flexibility index (Phi) is 6.15. The molecule has 1 unspecified atom stereocenters. The first-order chi connectivity index (χ1) is 15.2. The average molecular weight is 472 g/mol. The number of piperazine rings is 1. The number of nitrogens with zero attached hydrogens (tertiary/aromatic N) is 3. The molecule has 32 heavy (non-hydrogen) atoms. The van der Waals surface area contributed by atoms with Crippen molar-refractivity contribution in [1.82, 2.24) is 10.2 Å². The fourth-order valence-corrected chi connectivity index (χ4v) is 4.13. The van der Waals surface area contributed by atoms with E-state index in [9.17, 15) is 27.6 Å². The fraction of sp³-hybridized carbons (Fsp3) is 0.550. The Morgan fingerprint density at radius 3 is 2.53 bits per heavy atom. The van der Waals surface area contributed by atoms with Gasteiger partial charge >= 0.3 is 6.09 Å². The number of anilines is 2. The van der Waals surface area contributed by atoms with Crippen LogP contribution in [0.15, 0.2) is 18.2 Å². The minimum atomic E-state index is -2.90. The molecule has 3 amide bonds. The fourth-order valence-electron chi connectivity index (χ4n) is 3.90. The highest BCUT2D eigenvalue weighted by molar-refractivity contribution is 8.12. The first kappa shape index (κ1) is 22.6. The number of thioether (sulfide) groups is 1. The van der Waals surface area contributed by atoms with Crippen LogP contribution in [0.25, 0.3) is 0 Å². The van der Waals surface area contributed by atoms with Crippen LogP contribution in [0.2, 0.25) is 0 Å². The molecule has 1 saturated carbocycles. The van der Waals surface area contributed by atoms with Crippen LogP contribution < -0.4 is 15.1 Å². The predicted molar refractivity (Wildman–Crippen MR) is 113 cm³/mol. The molecule has 2 aliphatic heterocycles. The highest BCUT2D eigenvalue weighted by atomic mass is 32.2. The zero-order valence-corrected chi connectivity index (χ0v) is 18.2. The Bertz CT molecular complexity index is 926. The number of hydrogen-bond donors (Lipinski definition) is 1. The number of hydrogen-bond acceptors (Lipinski definition) is 6. The lowest BCUT2D eigenvalue weighted by atomic mass is 10.2. The summed E-state index contributed by atoms with van der Waals surface area (Å²) in [5.74, 6) is -5.20. The smallest absolute Gasteiger partial charge is 0.414 e. The molecule has 1 aromatic carbocycles. The summed E-state index contributed by atoms with van der Waals surface area (Å²) >= 11 is 1.02. The van der Waals surface area contributed by atoms with Gasteiger partial charge in [-0.1, -0.05) is 11.8 Å². The summed E-state index contributed by atoms with van der Waals surface area (Å²) < 4.78 is 46.4. The number of benzene rings is 1. The van der Waals surface area contributed by atoms with Crippen molar-refractivity contribution in [2.45, 2.75) is 18.4 Å². The lowest BCUT2D eigenvalue weighted by molar-refractivity contribution is -0.135. The summed E-state index contributed by atoms with van der Waals surface area (Å²) in [6, 6.07) is 4.39. The lowest BCUT2D eigenvalue weighted by Crippen LogP contribution is -2.49. The summed E-state index contributed by atoms with van der Waals surface area (Å²) in [6.07, 6.45) is 0.0808. The molecule has 0 aromatic heterocycles. The van der Waals surface area contributed by atoms with Gasteiger partial charge in [-0.2, -0.15) is 0 Å². The highest BCUT2D eigenvalue weighted by Crippen LogP contribution is 2.49. The Morgan fingerprint density at radius 2 is 1.94 bits per heavy atom. The number of amides is 3. The van der Waals surface area contributed by atoms with Crippen molar-refractivity contribution in [2.75, 3.05) is 55.3 Å². The summed E-state index contributed by atoms with van der Waals surface area (Å²) in [5.41, 5.74) is 0.647. The molecule has 8 nitrogen and oxygen atoms in total. The SMILES string of the molecule is CSC(=O)NC[C@H]1CN(c2ccc(N3CCN(C(=O)C4CC4(F)F)CC3)c(F)c2)C(=O)O1. The largest absolute Gasteiger partial charge is 0.442 e. The maximum atomic E-state index is 14.8. The third kappa shape index (κ3) is 4.59. The second kappa shape index (κ2) is 8.72. The van der Waals surface area contributed by atoms with Crippen molar-refractivity contribution in [2.24, 2.45) is 5.92 Å². The van der Waals surface area contributed by atoms with E-state index in [0.717, 1.165) is 11.8 Å². The Balaban J connectivity index is 1.34. The van der Waals surface area contributed by atoms with E-state index in [2.05, 4.69) is 5.32 Å². The van der Waals surface area contributed by atoms with Crippen molar-refractivity contribution in [3.63, 3.8) is 0 Å². The molecule has 1 N–H and O–H groups in total. The molecule has 0 spiro atoms. The number of carbonyl (C=O) groups excluding carboxylic acids is 3. The summed E-state index contributed by atoms with van der Waals surface area (Å²) in [4.78, 5) is 40.1. The number of carbonyl (C=O) groups is 3. The Labute approximate surface area is 187 Å². The number of cyclic esters (lactones) is 1. The van der Waals surface area contributed by atoms with Gasteiger partial charge in [0.1, 0.15) is 17.8 Å². The number of rotatable bonds is 5. The van der Waals surface area contributed by atoms with Gasteiger partial charge < -0.3 is 19.9 Å². The molecule has 1 aromatic rings. The molecule has 4 rings (SSSR count). The standard InChI is InChI=1S/C20H23F3N4O4S/c1-32-18(29)24-10-13-11-27(19(30)31-13)12-2-3-16(15(21)8-12)25-4-6-26(7-5-25)17(28)14-9-20(14,22)23/h2-3,8,13-14H,4-7,9-11H2,1H3,(H,24,29)/t13-,14?/m0/s1. The van der Waals surface area contributed by atoms with Crippen LogP contribution in [0.1, 0.15) is 6.42 Å². The predicted octanol–water partition coefficient (Wildman–Crippen LogP) is 2.53. The van der Waals surface area contributed by atoms with Crippen LogP contribution in [0.4, 0.5) is 34.1 Å². The van der Waals surface area contributed by atoms with Crippen LogP contribution in [-0.4, -0.2) is 79.7 Å². The summed E-state index contributed by atoms with van der Waals surface area (Å²) in [6.45, 7) is 1.48. The van der Waals surface area contributed by atoms with E-state index in [1.165, 1.54) is 15.9 Å². The quantitative estimate of drug-likeness (QED) is 0.710. The van der Waals surface area contributed by atoms with Crippen molar-refractivity contribution in [3.8, 4) is 0 Å². The van der Waals surface area contributed by atoms with E-state index in [0.29, 0.717) is 24.5 Å². The van der Waals surface area contributed by atoms with Crippen molar-refractivity contribution >= 4 is 40.4 Å². The molecule has 2 heterocycles. The van der Waals surface area contributed by atoms with E-state index >= 15 is 0 Å². The third-order valence-corrected chi connectivity index (χ3v) is 6.35. The number of halogens is 3. The van der Waals surface area contributed by atoms with Crippen LogP contribution >= 0.6 is 11.8 Å². The van der Waals surface area contributed by atoms with E-state index in [-0.39, 0.29) is 31.4 Å². The van der Waals surface area contributed by atoms with Gasteiger partial charge in [0, 0.05) is 32.6 Å². The molecule has 3 aliphatic rings. The van der Waals surface area contributed by atoms with Crippen molar-refractivity contribution in [3.05, 3.63) is 24.0 Å². The van der Waals surface area contributed by atoms with Gasteiger partial charge in [0.2, 0.25) is 5.91 Å². The van der Waals surface area contributed by atoms with Gasteiger partial charge in [-0.3, -0.25) is 14.5 Å². The minimum Gasteiger partial charge on any atom is -0.442 e. The van der Waals surface area contributed by atoms with Gasteiger partial charge in [-0.15, -0.1) is 0 Å². The maximum absolute atomic E-state index is 14.8. The second-order valence-corrected chi connectivity index (χ2v) is 8.73. The molecule has 0 bridgehead atoms. The van der Waals surface area contributed by atoms with Crippen LogP contribution in [0, 0.1) is 11.7 Å². The van der Waals surface area contributed by atoms with Crippen LogP contribution in [0.5, 0.6) is 0 Å². The van der Waals surface area contributed by atoms with E-state index in [1.54, 1.807) is 23.3 Å². The van der Waals surface area contributed by atoms with Crippen LogP contribution in [-0.2, 0) is 9.53 Å². The van der Waals surface area contributed by atoms with E-state index in [1.807, 2.05) is 0 Å². The van der Waals surface area contributed by atoms with E-state index in [4.69, 9.17) is 4.74 Å². The van der Waals surface area contributed by atoms with Gasteiger partial charge in [0.05, 0.1) is 24.5 Å². The summed E-state index contributed by atoms with van der Waals surface area (Å²) in [5, 5.41) is 2.39. The zero-order valence-electron chi connectivity index (χ0n) is 17.4. The third-order valence-electron chi connectivity index (χ3n) is 5.83. The monoisotopic (exact) mass is 472 g/mol. The maximum Gasteiger partial charge on any atom is 0.414 e. The number of alkyl halides is 2.